The van der Waals surface area contributed by atoms with Gasteiger partial charge in [-0.1, -0.05) is 16.8 Å². The van der Waals surface area contributed by atoms with Gasteiger partial charge in [0.05, 0.1) is 35.0 Å². The third kappa shape index (κ3) is 3.07. The van der Waals surface area contributed by atoms with Crippen LogP contribution in [0.1, 0.15) is 24.6 Å². The van der Waals surface area contributed by atoms with Gasteiger partial charge in [0.1, 0.15) is 5.69 Å². The van der Waals surface area contributed by atoms with Crippen LogP contribution in [-0.4, -0.2) is 33.2 Å². The second-order valence-electron chi connectivity index (χ2n) is 5.88. The molecule has 0 unspecified atom stereocenters. The van der Waals surface area contributed by atoms with E-state index in [0.717, 1.165) is 48.3 Å². The summed E-state index contributed by atoms with van der Waals surface area (Å²) in [6.07, 6.45) is 5.74. The third-order valence-electron chi connectivity index (χ3n) is 4.30. The van der Waals surface area contributed by atoms with Crippen molar-refractivity contribution in [1.82, 2.24) is 20.0 Å². The molecule has 1 aliphatic heterocycles. The summed E-state index contributed by atoms with van der Waals surface area (Å²) in [5.41, 5.74) is 2.68. The molecule has 0 radical (unpaired) electrons. The normalized spacial score (nSPS) is 15.7. The van der Waals surface area contributed by atoms with Crippen molar-refractivity contribution in [3.63, 3.8) is 0 Å². The number of halogens is 1. The van der Waals surface area contributed by atoms with Crippen molar-refractivity contribution < 1.29 is 4.74 Å². The largest absolute Gasteiger partial charge is 0.381 e. The molecule has 0 spiro atoms. The first-order valence-corrected chi connectivity index (χ1v) is 8.44. The number of nitrogens with one attached hydrogen (secondary N) is 1. The molecule has 0 aliphatic carbocycles. The molecule has 1 N–H and O–H groups in total. The smallest absolute Gasteiger partial charge is 0.102 e. The van der Waals surface area contributed by atoms with Gasteiger partial charge in [-0.2, -0.15) is 0 Å². The van der Waals surface area contributed by atoms with Crippen LogP contribution in [-0.2, 0) is 11.3 Å². The first-order valence-electron chi connectivity index (χ1n) is 8.07. The second-order valence-corrected chi connectivity index (χ2v) is 6.29. The van der Waals surface area contributed by atoms with Crippen LogP contribution < -0.4 is 5.32 Å². The van der Waals surface area contributed by atoms with E-state index >= 15 is 0 Å². The summed E-state index contributed by atoms with van der Waals surface area (Å²) in [5, 5.41) is 13.6. The van der Waals surface area contributed by atoms with Gasteiger partial charge < -0.3 is 10.1 Å². The quantitative estimate of drug-likeness (QED) is 0.786. The monoisotopic (exact) mass is 343 g/mol. The molecule has 1 fully saturated rings. The molecular weight excluding hydrogens is 326 g/mol. The summed E-state index contributed by atoms with van der Waals surface area (Å²) in [5.74, 6) is 0. The van der Waals surface area contributed by atoms with E-state index < -0.39 is 0 Å². The minimum absolute atomic E-state index is 0.380. The summed E-state index contributed by atoms with van der Waals surface area (Å²) in [6.45, 7) is 2.14. The highest BCUT2D eigenvalue weighted by Crippen LogP contribution is 2.30. The minimum Gasteiger partial charge on any atom is -0.381 e. The number of hydrogen-bond donors (Lipinski definition) is 1. The van der Waals surface area contributed by atoms with Crippen molar-refractivity contribution in [2.24, 2.45) is 0 Å². The molecule has 0 bridgehead atoms. The molecule has 3 heterocycles. The van der Waals surface area contributed by atoms with Gasteiger partial charge in [-0.25, -0.2) is 4.68 Å². The molecular formula is C17H18ClN5O. The zero-order valence-electron chi connectivity index (χ0n) is 13.2. The van der Waals surface area contributed by atoms with Gasteiger partial charge in [-0.05, 0) is 37.1 Å². The standard InChI is InChI=1S/C17H18ClN5O/c18-15-3-4-16-14(2-1-7-19-16)17(15)20-10-12-11-23(22-21-12)13-5-8-24-9-6-13/h1-4,7,11,13,20H,5-6,8-10H2. The Labute approximate surface area is 144 Å². The van der Waals surface area contributed by atoms with E-state index in [1.807, 2.05) is 35.1 Å². The number of ether oxygens (including phenoxy) is 1. The predicted octanol–water partition coefficient (Wildman–Crippen LogP) is 3.44. The Kier molecular flexibility index (Phi) is 4.32. The molecule has 124 valence electrons. The maximum atomic E-state index is 6.35. The Morgan fingerprint density at radius 2 is 2.12 bits per heavy atom. The molecule has 24 heavy (non-hydrogen) atoms. The maximum Gasteiger partial charge on any atom is 0.102 e. The van der Waals surface area contributed by atoms with E-state index in [1.54, 1.807) is 6.20 Å². The number of nitrogens with zero attached hydrogens (tertiary/aromatic N) is 4. The van der Waals surface area contributed by atoms with Crippen molar-refractivity contribution in [2.75, 3.05) is 18.5 Å². The van der Waals surface area contributed by atoms with E-state index in [2.05, 4.69) is 20.6 Å². The fourth-order valence-electron chi connectivity index (χ4n) is 3.01. The van der Waals surface area contributed by atoms with E-state index in [-0.39, 0.29) is 0 Å². The molecule has 0 saturated carbocycles. The van der Waals surface area contributed by atoms with Crippen molar-refractivity contribution in [3.8, 4) is 0 Å². The molecule has 1 aliphatic rings. The summed E-state index contributed by atoms with van der Waals surface area (Å²) in [6, 6.07) is 8.08. The summed E-state index contributed by atoms with van der Waals surface area (Å²) in [7, 11) is 0. The van der Waals surface area contributed by atoms with Crippen LogP contribution in [0.3, 0.4) is 0 Å². The SMILES string of the molecule is Clc1ccc2ncccc2c1NCc1cn(C2CCOCC2)nn1. The van der Waals surface area contributed by atoms with Crippen LogP contribution in [0.4, 0.5) is 5.69 Å². The molecule has 3 aromatic rings. The van der Waals surface area contributed by atoms with E-state index in [4.69, 9.17) is 16.3 Å². The number of benzene rings is 1. The Balaban J connectivity index is 1.51. The molecule has 0 atom stereocenters. The highest BCUT2D eigenvalue weighted by atomic mass is 35.5. The lowest BCUT2D eigenvalue weighted by molar-refractivity contribution is 0.0657. The Hall–Kier alpha value is -2.18. The Bertz CT molecular complexity index is 844. The van der Waals surface area contributed by atoms with Crippen molar-refractivity contribution >= 4 is 28.2 Å². The molecule has 7 heteroatoms. The summed E-state index contributed by atoms with van der Waals surface area (Å²) in [4.78, 5) is 4.36. The first kappa shape index (κ1) is 15.4. The number of rotatable bonds is 4. The fraction of sp³-hybridized carbons (Fsp3) is 0.353. The van der Waals surface area contributed by atoms with Crippen LogP contribution in [0.25, 0.3) is 10.9 Å². The zero-order valence-corrected chi connectivity index (χ0v) is 13.9. The lowest BCUT2D eigenvalue weighted by atomic mass is 10.1. The maximum absolute atomic E-state index is 6.35. The Morgan fingerprint density at radius 1 is 1.25 bits per heavy atom. The average molecular weight is 344 g/mol. The van der Waals surface area contributed by atoms with Gasteiger partial charge in [0.2, 0.25) is 0 Å². The highest BCUT2D eigenvalue weighted by molar-refractivity contribution is 6.34. The van der Waals surface area contributed by atoms with E-state index in [9.17, 15) is 0 Å². The summed E-state index contributed by atoms with van der Waals surface area (Å²) >= 11 is 6.35. The molecule has 4 rings (SSSR count). The van der Waals surface area contributed by atoms with Gasteiger partial charge in [0, 0.05) is 24.8 Å². The number of aromatic nitrogens is 4. The zero-order chi connectivity index (χ0) is 16.4. The fourth-order valence-corrected chi connectivity index (χ4v) is 3.24. The molecule has 2 aromatic heterocycles. The lowest BCUT2D eigenvalue weighted by Gasteiger charge is -2.21. The molecule has 1 saturated heterocycles. The molecule has 6 nitrogen and oxygen atoms in total. The average Bonchev–Trinajstić information content (AvgIpc) is 3.11. The first-order chi connectivity index (χ1) is 11.8. The number of anilines is 1. The number of fused-ring (bicyclic) bond motifs is 1. The van der Waals surface area contributed by atoms with Gasteiger partial charge in [-0.3, -0.25) is 4.98 Å². The lowest BCUT2D eigenvalue weighted by Crippen LogP contribution is -2.20. The van der Waals surface area contributed by atoms with Crippen molar-refractivity contribution in [1.29, 1.82) is 0 Å². The molecule has 1 aromatic carbocycles. The topological polar surface area (TPSA) is 64.9 Å². The third-order valence-corrected chi connectivity index (χ3v) is 4.62. The van der Waals surface area contributed by atoms with Crippen LogP contribution in [0.5, 0.6) is 0 Å². The second kappa shape index (κ2) is 6.75. The van der Waals surface area contributed by atoms with Crippen molar-refractivity contribution in [2.45, 2.75) is 25.4 Å². The van der Waals surface area contributed by atoms with Gasteiger partial charge >= 0.3 is 0 Å². The van der Waals surface area contributed by atoms with Crippen LogP contribution in [0, 0.1) is 0 Å². The predicted molar refractivity (Wildman–Crippen MR) is 93.2 cm³/mol. The van der Waals surface area contributed by atoms with Crippen LogP contribution >= 0.6 is 11.6 Å². The minimum atomic E-state index is 0.380. The highest BCUT2D eigenvalue weighted by Gasteiger charge is 2.17. The Morgan fingerprint density at radius 3 is 3.00 bits per heavy atom. The van der Waals surface area contributed by atoms with Crippen LogP contribution in [0.15, 0.2) is 36.7 Å². The summed E-state index contributed by atoms with van der Waals surface area (Å²) < 4.78 is 7.34. The van der Waals surface area contributed by atoms with E-state index in [0.29, 0.717) is 17.6 Å². The number of pyridine rings is 1. The van der Waals surface area contributed by atoms with Crippen LogP contribution in [0.2, 0.25) is 5.02 Å². The molecule has 0 amide bonds. The van der Waals surface area contributed by atoms with Gasteiger partial charge in [0.15, 0.2) is 0 Å². The number of hydrogen-bond acceptors (Lipinski definition) is 5. The van der Waals surface area contributed by atoms with Gasteiger partial charge in [-0.15, -0.1) is 5.10 Å². The van der Waals surface area contributed by atoms with Crippen molar-refractivity contribution in [3.05, 3.63) is 47.4 Å². The van der Waals surface area contributed by atoms with E-state index in [1.165, 1.54) is 0 Å². The van der Waals surface area contributed by atoms with Gasteiger partial charge in [0.25, 0.3) is 0 Å².